The van der Waals surface area contributed by atoms with Crippen LogP contribution in [-0.2, 0) is 6.42 Å². The summed E-state index contributed by atoms with van der Waals surface area (Å²) >= 11 is 0. The molecule has 0 aliphatic carbocycles. The Morgan fingerprint density at radius 3 is 2.35 bits per heavy atom. The summed E-state index contributed by atoms with van der Waals surface area (Å²) in [7, 11) is 0. The Hall–Kier alpha value is -2.49. The van der Waals surface area contributed by atoms with Crippen LogP contribution in [0.4, 0.5) is 0 Å². The van der Waals surface area contributed by atoms with Gasteiger partial charge in [0.2, 0.25) is 0 Å². The molecule has 2 aromatic rings. The number of aromatic carboxylic acids is 1. The molecule has 1 N–H and O–H groups in total. The lowest BCUT2D eigenvalue weighted by molar-refractivity contribution is 0.0697. The number of rotatable bonds is 6. The van der Waals surface area contributed by atoms with Crippen molar-refractivity contribution in [1.82, 2.24) is 9.97 Å². The van der Waals surface area contributed by atoms with E-state index in [2.05, 4.69) is 16.5 Å². The number of unbranched alkanes of at least 4 members (excludes halogenated alkanes) is 1. The van der Waals surface area contributed by atoms with Crippen molar-refractivity contribution in [3.63, 3.8) is 0 Å². The molecule has 0 unspecified atom stereocenters. The summed E-state index contributed by atoms with van der Waals surface area (Å²) in [5, 5.41) is 8.85. The summed E-state index contributed by atoms with van der Waals surface area (Å²) in [5.74, 6) is -0.108. The van der Waals surface area contributed by atoms with Gasteiger partial charge in [-0.05, 0) is 30.5 Å². The van der Waals surface area contributed by atoms with Crippen LogP contribution < -0.4 is 0 Å². The van der Waals surface area contributed by atoms with E-state index in [-0.39, 0.29) is 5.56 Å². The lowest BCUT2D eigenvalue weighted by atomic mass is 10.1. The zero-order valence-corrected chi connectivity index (χ0v) is 11.1. The van der Waals surface area contributed by atoms with E-state index in [0.29, 0.717) is 0 Å². The minimum atomic E-state index is -0.926. The number of benzene rings is 1. The van der Waals surface area contributed by atoms with Crippen LogP contribution >= 0.6 is 0 Å². The van der Waals surface area contributed by atoms with E-state index in [1.807, 2.05) is 6.08 Å². The summed E-state index contributed by atoms with van der Waals surface area (Å²) in [6.45, 7) is 3.68. The van der Waals surface area contributed by atoms with E-state index in [1.54, 1.807) is 36.7 Å². The second kappa shape index (κ2) is 6.61. The topological polar surface area (TPSA) is 63.1 Å². The molecule has 0 saturated carbocycles. The van der Waals surface area contributed by atoms with E-state index < -0.39 is 5.97 Å². The van der Waals surface area contributed by atoms with E-state index in [0.717, 1.165) is 36.2 Å². The summed E-state index contributed by atoms with van der Waals surface area (Å²) < 4.78 is 0. The van der Waals surface area contributed by atoms with Gasteiger partial charge in [-0.1, -0.05) is 18.2 Å². The number of allylic oxidation sites excluding steroid dienone is 1. The van der Waals surface area contributed by atoms with Crippen molar-refractivity contribution in [2.24, 2.45) is 0 Å². The minimum Gasteiger partial charge on any atom is -0.478 e. The Labute approximate surface area is 117 Å². The number of hydrogen-bond acceptors (Lipinski definition) is 3. The molecule has 0 aliphatic rings. The van der Waals surface area contributed by atoms with Crippen LogP contribution in [0.15, 0.2) is 49.3 Å². The van der Waals surface area contributed by atoms with Crippen molar-refractivity contribution in [2.45, 2.75) is 19.3 Å². The molecule has 1 heterocycles. The maximum Gasteiger partial charge on any atom is 0.335 e. The Morgan fingerprint density at radius 2 is 1.80 bits per heavy atom. The van der Waals surface area contributed by atoms with Crippen molar-refractivity contribution in [1.29, 1.82) is 0 Å². The smallest absolute Gasteiger partial charge is 0.335 e. The average Bonchev–Trinajstić information content (AvgIpc) is 2.48. The predicted molar refractivity (Wildman–Crippen MR) is 77.6 cm³/mol. The predicted octanol–water partition coefficient (Wildman–Crippen LogP) is 3.35. The number of nitrogens with zero attached hydrogens (tertiary/aromatic N) is 2. The average molecular weight is 268 g/mol. The van der Waals surface area contributed by atoms with Crippen LogP contribution in [0.25, 0.3) is 11.1 Å². The maximum absolute atomic E-state index is 10.8. The number of carboxylic acid groups (broad SMARTS) is 1. The highest BCUT2D eigenvalue weighted by Crippen LogP contribution is 2.18. The van der Waals surface area contributed by atoms with Gasteiger partial charge in [0, 0.05) is 24.4 Å². The summed E-state index contributed by atoms with van der Waals surface area (Å²) in [6.07, 6.45) is 8.22. The van der Waals surface area contributed by atoms with Crippen LogP contribution in [-0.4, -0.2) is 21.0 Å². The van der Waals surface area contributed by atoms with Crippen molar-refractivity contribution in [3.8, 4) is 11.1 Å². The largest absolute Gasteiger partial charge is 0.478 e. The molecule has 20 heavy (non-hydrogen) atoms. The molecule has 1 aromatic carbocycles. The van der Waals surface area contributed by atoms with E-state index >= 15 is 0 Å². The van der Waals surface area contributed by atoms with Crippen molar-refractivity contribution >= 4 is 5.97 Å². The maximum atomic E-state index is 10.8. The van der Waals surface area contributed by atoms with Crippen LogP contribution in [0.2, 0.25) is 0 Å². The molecule has 0 fully saturated rings. The molecule has 2 rings (SSSR count). The van der Waals surface area contributed by atoms with Crippen molar-refractivity contribution in [3.05, 3.63) is 60.7 Å². The Kier molecular flexibility index (Phi) is 4.60. The molecule has 0 radical (unpaired) electrons. The molecule has 102 valence electrons. The fourth-order valence-electron chi connectivity index (χ4n) is 1.84. The van der Waals surface area contributed by atoms with Gasteiger partial charge in [0.05, 0.1) is 5.56 Å². The highest BCUT2D eigenvalue weighted by atomic mass is 16.4. The fraction of sp³-hybridized carbons (Fsp3) is 0.188. The molecule has 0 atom stereocenters. The Morgan fingerprint density at radius 1 is 1.15 bits per heavy atom. The second-order valence-electron chi connectivity index (χ2n) is 4.45. The number of carbonyl (C=O) groups is 1. The fourth-order valence-corrected chi connectivity index (χ4v) is 1.84. The zero-order chi connectivity index (χ0) is 14.4. The standard InChI is InChI=1S/C16H16N2O2/c1-2-3-4-5-15-17-10-14(11-18-15)12-6-8-13(9-7-12)16(19)20/h2,6-11H,1,3-5H2,(H,19,20). The van der Waals surface area contributed by atoms with Gasteiger partial charge in [0.1, 0.15) is 5.82 Å². The third kappa shape index (κ3) is 3.51. The van der Waals surface area contributed by atoms with Gasteiger partial charge >= 0.3 is 5.97 Å². The van der Waals surface area contributed by atoms with Crippen LogP contribution in [0, 0.1) is 0 Å². The lowest BCUT2D eigenvalue weighted by Gasteiger charge is -2.03. The molecular weight excluding hydrogens is 252 g/mol. The first kappa shape index (κ1) is 13.9. The molecule has 0 amide bonds. The molecule has 1 aromatic heterocycles. The van der Waals surface area contributed by atoms with Gasteiger partial charge in [-0.25, -0.2) is 14.8 Å². The monoisotopic (exact) mass is 268 g/mol. The third-order valence-electron chi connectivity index (χ3n) is 2.98. The quantitative estimate of drug-likeness (QED) is 0.644. The highest BCUT2D eigenvalue weighted by Gasteiger charge is 2.04. The van der Waals surface area contributed by atoms with Crippen molar-refractivity contribution in [2.75, 3.05) is 0 Å². The van der Waals surface area contributed by atoms with Gasteiger partial charge in [0.15, 0.2) is 0 Å². The number of carboxylic acids is 1. The Balaban J connectivity index is 2.09. The molecular formula is C16H16N2O2. The Bertz CT molecular complexity index is 589. The first-order valence-electron chi connectivity index (χ1n) is 6.46. The number of aromatic nitrogens is 2. The van der Waals surface area contributed by atoms with E-state index in [1.165, 1.54) is 0 Å². The molecule has 0 spiro atoms. The van der Waals surface area contributed by atoms with Crippen LogP contribution in [0.1, 0.15) is 29.0 Å². The molecule has 0 bridgehead atoms. The first-order valence-corrected chi connectivity index (χ1v) is 6.46. The van der Waals surface area contributed by atoms with Crippen molar-refractivity contribution < 1.29 is 9.90 Å². The van der Waals surface area contributed by atoms with E-state index in [9.17, 15) is 4.79 Å². The van der Waals surface area contributed by atoms with E-state index in [4.69, 9.17) is 5.11 Å². The molecule has 0 aliphatic heterocycles. The summed E-state index contributed by atoms with van der Waals surface area (Å²) in [4.78, 5) is 19.4. The number of hydrogen-bond donors (Lipinski definition) is 1. The summed E-state index contributed by atoms with van der Waals surface area (Å²) in [6, 6.07) is 6.68. The normalized spacial score (nSPS) is 10.2. The van der Waals surface area contributed by atoms with Gasteiger partial charge in [-0.2, -0.15) is 0 Å². The molecule has 4 heteroatoms. The third-order valence-corrected chi connectivity index (χ3v) is 2.98. The van der Waals surface area contributed by atoms with Crippen LogP contribution in [0.3, 0.4) is 0 Å². The lowest BCUT2D eigenvalue weighted by Crippen LogP contribution is -1.96. The zero-order valence-electron chi connectivity index (χ0n) is 11.1. The second-order valence-corrected chi connectivity index (χ2v) is 4.45. The molecule has 0 saturated heterocycles. The summed E-state index contributed by atoms with van der Waals surface area (Å²) in [5.41, 5.74) is 2.07. The van der Waals surface area contributed by atoms with Gasteiger partial charge in [-0.15, -0.1) is 6.58 Å². The highest BCUT2D eigenvalue weighted by molar-refractivity contribution is 5.88. The minimum absolute atomic E-state index is 0.274. The van der Waals surface area contributed by atoms with Gasteiger partial charge < -0.3 is 5.11 Å². The SMILES string of the molecule is C=CCCCc1ncc(-c2ccc(C(=O)O)cc2)cn1. The van der Waals surface area contributed by atoms with Gasteiger partial charge in [0.25, 0.3) is 0 Å². The first-order chi connectivity index (χ1) is 9.70. The number of aryl methyl sites for hydroxylation is 1. The molecule has 4 nitrogen and oxygen atoms in total. The van der Waals surface area contributed by atoms with Crippen LogP contribution in [0.5, 0.6) is 0 Å². The van der Waals surface area contributed by atoms with Gasteiger partial charge in [-0.3, -0.25) is 0 Å².